The normalized spacial score (nSPS) is 11.9. The Morgan fingerprint density at radius 1 is 1.08 bits per heavy atom. The fourth-order valence-electron chi connectivity index (χ4n) is 3.69. The molecule has 0 aliphatic carbocycles. The van der Waals surface area contributed by atoms with E-state index in [-0.39, 0.29) is 5.91 Å². The summed E-state index contributed by atoms with van der Waals surface area (Å²) in [4.78, 5) is 16.5. The number of carbonyl (C=O) groups excluding carboxylic acids is 1. The van der Waals surface area contributed by atoms with Gasteiger partial charge < -0.3 is 10.4 Å². The van der Waals surface area contributed by atoms with E-state index in [9.17, 15) is 4.79 Å². The molecule has 1 aliphatic heterocycles. The maximum Gasteiger partial charge on any atom is 0.216 e. The quantitative estimate of drug-likeness (QED) is 0.363. The van der Waals surface area contributed by atoms with Crippen molar-refractivity contribution in [2.75, 3.05) is 13.2 Å². The predicted molar refractivity (Wildman–Crippen MR) is 159 cm³/mol. The number of aliphatic imine (C=N–C) groups is 1. The molecule has 2 N–H and O–H groups in total. The molecule has 0 fully saturated rings. The Morgan fingerprint density at radius 3 is 2.24 bits per heavy atom. The number of halogens is 1. The van der Waals surface area contributed by atoms with Gasteiger partial charge in [0, 0.05) is 41.1 Å². The van der Waals surface area contributed by atoms with E-state index < -0.39 is 0 Å². The summed E-state index contributed by atoms with van der Waals surface area (Å²) in [5.41, 5.74) is 4.52. The van der Waals surface area contributed by atoms with E-state index >= 15 is 0 Å². The number of nitrogens with one attached hydrogen (secondary N) is 1. The first-order valence-electron chi connectivity index (χ1n) is 13.1. The number of hydrogen-bond donors (Lipinski definition) is 2. The molecule has 0 saturated carbocycles. The molecule has 1 aliphatic rings. The van der Waals surface area contributed by atoms with Gasteiger partial charge in [-0.2, -0.15) is 0 Å². The first-order chi connectivity index (χ1) is 18.0. The molecule has 0 bridgehead atoms. The monoisotopic (exact) mass is 559 g/mol. The summed E-state index contributed by atoms with van der Waals surface area (Å²) in [7, 11) is 0. The zero-order valence-electron chi connectivity index (χ0n) is 23.9. The third kappa shape index (κ3) is 9.03. The van der Waals surface area contributed by atoms with E-state index in [4.69, 9.17) is 21.7 Å². The highest BCUT2D eigenvalue weighted by molar-refractivity contribution is 7.15. The molecule has 3 heterocycles. The van der Waals surface area contributed by atoms with Crippen LogP contribution in [0.4, 0.5) is 0 Å². The Kier molecular flexibility index (Phi) is 12.6. The Morgan fingerprint density at radius 2 is 1.71 bits per heavy atom. The van der Waals surface area contributed by atoms with Crippen molar-refractivity contribution >= 4 is 34.6 Å². The van der Waals surface area contributed by atoms with Gasteiger partial charge in [-0.3, -0.25) is 14.4 Å². The molecule has 4 rings (SSSR count). The van der Waals surface area contributed by atoms with Crippen LogP contribution in [0.15, 0.2) is 29.3 Å². The topological polar surface area (TPSA) is 92.4 Å². The number of aliphatic hydroxyl groups excluding tert-OH is 1. The molecule has 0 saturated heterocycles. The SMILES string of the molecule is CC(=O)NCCC(C)C.CC(C)CCO.Cc1sc2c(c1C)C(c1ccc(Cl)cc1)=NCc1nnc(C)n1-2. The molecule has 7 nitrogen and oxygen atoms in total. The minimum absolute atomic E-state index is 0.0654. The highest BCUT2D eigenvalue weighted by Gasteiger charge is 2.26. The summed E-state index contributed by atoms with van der Waals surface area (Å²) in [5.74, 6) is 3.17. The van der Waals surface area contributed by atoms with Gasteiger partial charge in [0.25, 0.3) is 0 Å². The van der Waals surface area contributed by atoms with E-state index in [1.807, 2.05) is 31.2 Å². The summed E-state index contributed by atoms with van der Waals surface area (Å²) in [6.45, 7) is 18.0. The molecule has 0 unspecified atom stereocenters. The third-order valence-electron chi connectivity index (χ3n) is 6.00. The molecule has 2 aromatic heterocycles. The van der Waals surface area contributed by atoms with Crippen LogP contribution in [0.2, 0.25) is 5.02 Å². The Labute approximate surface area is 236 Å². The minimum Gasteiger partial charge on any atom is -0.396 e. The van der Waals surface area contributed by atoms with Gasteiger partial charge in [-0.25, -0.2) is 0 Å². The van der Waals surface area contributed by atoms with Crippen molar-refractivity contribution in [3.8, 4) is 5.00 Å². The number of aromatic nitrogens is 3. The van der Waals surface area contributed by atoms with Gasteiger partial charge in [0.05, 0.1) is 5.71 Å². The van der Waals surface area contributed by atoms with Crippen LogP contribution in [0.3, 0.4) is 0 Å². The second kappa shape index (κ2) is 15.1. The second-order valence-corrected chi connectivity index (χ2v) is 11.8. The summed E-state index contributed by atoms with van der Waals surface area (Å²) in [6, 6.07) is 7.86. The Balaban J connectivity index is 0.000000282. The largest absolute Gasteiger partial charge is 0.396 e. The van der Waals surface area contributed by atoms with Gasteiger partial charge in [0.15, 0.2) is 5.82 Å². The standard InChI is InChI=1S/C17H15ClN4S.C7H15NO.C5H12O/c1-9-10(2)23-17-15(9)16(12-4-6-13(18)7-5-12)19-8-14-21-20-11(3)22(14)17;1-6(2)4-5-8-7(3)9;1-5(2)3-4-6/h4-7H,8H2,1-3H3;6H,4-5H2,1-3H3,(H,8,9);5-6H,3-4H2,1-2H3. The Hall–Kier alpha value is -2.55. The number of aliphatic hydroxyl groups is 1. The van der Waals surface area contributed by atoms with Crippen LogP contribution < -0.4 is 5.32 Å². The van der Waals surface area contributed by atoms with E-state index in [2.05, 4.69) is 61.6 Å². The molecule has 208 valence electrons. The number of hydrogen-bond acceptors (Lipinski definition) is 6. The van der Waals surface area contributed by atoms with Crippen LogP contribution in [-0.4, -0.2) is 44.6 Å². The molecule has 9 heteroatoms. The number of amides is 1. The van der Waals surface area contributed by atoms with Crippen LogP contribution in [0.25, 0.3) is 5.00 Å². The fraction of sp³-hybridized carbons (Fsp3) is 0.517. The number of carbonyl (C=O) groups is 1. The summed E-state index contributed by atoms with van der Waals surface area (Å²) < 4.78 is 2.13. The number of nitrogens with zero attached hydrogens (tertiary/aromatic N) is 4. The average Bonchev–Trinajstić information content (AvgIpc) is 3.28. The number of benzene rings is 1. The molecule has 38 heavy (non-hydrogen) atoms. The summed E-state index contributed by atoms with van der Waals surface area (Å²) in [5, 5.41) is 21.4. The van der Waals surface area contributed by atoms with Crippen molar-refractivity contribution < 1.29 is 9.90 Å². The van der Waals surface area contributed by atoms with E-state index in [0.717, 1.165) is 52.3 Å². The average molecular weight is 560 g/mol. The predicted octanol–water partition coefficient (Wildman–Crippen LogP) is 6.45. The van der Waals surface area contributed by atoms with Crippen LogP contribution >= 0.6 is 22.9 Å². The van der Waals surface area contributed by atoms with Crippen molar-refractivity contribution in [1.82, 2.24) is 20.1 Å². The molecule has 3 aromatic rings. The van der Waals surface area contributed by atoms with Gasteiger partial charge in [-0.15, -0.1) is 21.5 Å². The molecule has 0 atom stereocenters. The first kappa shape index (κ1) is 31.7. The van der Waals surface area contributed by atoms with Gasteiger partial charge in [-0.1, -0.05) is 51.4 Å². The van der Waals surface area contributed by atoms with Crippen LogP contribution in [0.1, 0.15) is 80.7 Å². The van der Waals surface area contributed by atoms with Crippen LogP contribution in [0, 0.1) is 32.6 Å². The molecular formula is C29H42ClN5O2S. The molecule has 0 radical (unpaired) electrons. The summed E-state index contributed by atoms with van der Waals surface area (Å²) >= 11 is 7.80. The zero-order chi connectivity index (χ0) is 28.4. The lowest BCUT2D eigenvalue weighted by Gasteiger charge is -2.09. The minimum atomic E-state index is 0.0654. The van der Waals surface area contributed by atoms with Crippen molar-refractivity contribution in [3.05, 3.63) is 62.5 Å². The third-order valence-corrected chi connectivity index (χ3v) is 7.44. The van der Waals surface area contributed by atoms with Crippen LogP contribution in [0.5, 0.6) is 0 Å². The highest BCUT2D eigenvalue weighted by atomic mass is 35.5. The number of thiophene rings is 1. The van der Waals surface area contributed by atoms with Crippen molar-refractivity contribution in [3.63, 3.8) is 0 Å². The zero-order valence-corrected chi connectivity index (χ0v) is 25.5. The maximum absolute atomic E-state index is 10.3. The first-order valence-corrected chi connectivity index (χ1v) is 14.3. The lowest BCUT2D eigenvalue weighted by molar-refractivity contribution is -0.118. The lowest BCUT2D eigenvalue weighted by atomic mass is 10.00. The molecule has 0 spiro atoms. The number of aryl methyl sites for hydroxylation is 2. The fourth-order valence-corrected chi connectivity index (χ4v) is 5.04. The van der Waals surface area contributed by atoms with Crippen LogP contribution in [-0.2, 0) is 11.3 Å². The van der Waals surface area contributed by atoms with Gasteiger partial charge >= 0.3 is 0 Å². The van der Waals surface area contributed by atoms with Gasteiger partial charge in [0.2, 0.25) is 5.91 Å². The van der Waals surface area contributed by atoms with Gasteiger partial charge in [0.1, 0.15) is 17.4 Å². The second-order valence-electron chi connectivity index (χ2n) is 10.2. The van der Waals surface area contributed by atoms with E-state index in [0.29, 0.717) is 25.0 Å². The molecule has 1 amide bonds. The smallest absolute Gasteiger partial charge is 0.216 e. The maximum atomic E-state index is 10.3. The van der Waals surface area contributed by atoms with Gasteiger partial charge in [-0.05, 0) is 63.1 Å². The summed E-state index contributed by atoms with van der Waals surface area (Å²) in [6.07, 6.45) is 2.00. The number of rotatable bonds is 6. The molecule has 1 aromatic carbocycles. The van der Waals surface area contributed by atoms with Crippen molar-refractivity contribution in [1.29, 1.82) is 0 Å². The van der Waals surface area contributed by atoms with Crippen molar-refractivity contribution in [2.45, 2.75) is 74.8 Å². The molecular weight excluding hydrogens is 518 g/mol. The Bertz CT molecular complexity index is 1210. The van der Waals surface area contributed by atoms with E-state index in [1.165, 1.54) is 16.0 Å². The lowest BCUT2D eigenvalue weighted by Crippen LogP contribution is -2.21. The highest BCUT2D eigenvalue weighted by Crippen LogP contribution is 2.36. The van der Waals surface area contributed by atoms with E-state index in [1.54, 1.807) is 18.3 Å². The van der Waals surface area contributed by atoms with Crippen molar-refractivity contribution in [2.24, 2.45) is 16.8 Å². The number of fused-ring (bicyclic) bond motifs is 3.